The van der Waals surface area contributed by atoms with Crippen LogP contribution in [0.15, 0.2) is 30.6 Å². The summed E-state index contributed by atoms with van der Waals surface area (Å²) in [6.45, 7) is 3.58. The first-order valence-electron chi connectivity index (χ1n) is 11.5. The molecular weight excluding hydrogens is 483 g/mol. The topological polar surface area (TPSA) is 117 Å². The van der Waals surface area contributed by atoms with E-state index >= 15 is 0 Å². The Kier molecular flexibility index (Phi) is 7.48. The normalized spacial score (nSPS) is 20.0. The average Bonchev–Trinajstić information content (AvgIpc) is 2.87. The van der Waals surface area contributed by atoms with E-state index in [0.717, 1.165) is 17.8 Å². The Morgan fingerprint density at radius 1 is 1.22 bits per heavy atom. The number of nitrogens with one attached hydrogen (secondary N) is 1. The van der Waals surface area contributed by atoms with Crippen LogP contribution in [0.5, 0.6) is 0 Å². The largest absolute Gasteiger partial charge is 0.479 e. The molecule has 36 heavy (non-hydrogen) atoms. The Bertz CT molecular complexity index is 1090. The molecule has 2 aliphatic rings. The summed E-state index contributed by atoms with van der Waals surface area (Å²) in [6.07, 6.45) is -1.55. The van der Waals surface area contributed by atoms with Crippen molar-refractivity contribution >= 4 is 29.4 Å². The number of hydrogen-bond donors (Lipinski definition) is 2. The van der Waals surface area contributed by atoms with Crippen molar-refractivity contribution in [3.05, 3.63) is 41.7 Å². The van der Waals surface area contributed by atoms with Gasteiger partial charge in [0.15, 0.2) is 6.61 Å². The van der Waals surface area contributed by atoms with Crippen LogP contribution in [0.3, 0.4) is 0 Å². The zero-order valence-corrected chi connectivity index (χ0v) is 19.5. The Hall–Kier alpha value is -3.61. The van der Waals surface area contributed by atoms with E-state index in [-0.39, 0.29) is 23.6 Å². The van der Waals surface area contributed by atoms with Crippen LogP contribution in [0, 0.1) is 0 Å². The lowest BCUT2D eigenvalue weighted by Gasteiger charge is -2.40. The van der Waals surface area contributed by atoms with Crippen molar-refractivity contribution in [3.8, 4) is 0 Å². The number of rotatable bonds is 6. The number of nitrogens with zero attached hydrogens (tertiary/aromatic N) is 4. The number of halogens is 3. The number of morpholine rings is 1. The molecule has 0 radical (unpaired) electrons. The molecule has 0 bridgehead atoms. The number of ether oxygens (including phenoxy) is 2. The summed E-state index contributed by atoms with van der Waals surface area (Å²) >= 11 is 0. The lowest BCUT2D eigenvalue weighted by Crippen LogP contribution is -2.46. The van der Waals surface area contributed by atoms with Gasteiger partial charge in [0.05, 0.1) is 48.6 Å². The number of aromatic nitrogens is 2. The van der Waals surface area contributed by atoms with Crippen LogP contribution in [0.1, 0.15) is 36.9 Å². The lowest BCUT2D eigenvalue weighted by atomic mass is 9.89. The fourth-order valence-corrected chi connectivity index (χ4v) is 4.39. The summed E-state index contributed by atoms with van der Waals surface area (Å²) in [7, 11) is 0. The number of alkyl halides is 3. The minimum atomic E-state index is -4.59. The predicted molar refractivity (Wildman–Crippen MR) is 123 cm³/mol. The number of carbonyl (C=O) groups is 2. The third kappa shape index (κ3) is 5.61. The van der Waals surface area contributed by atoms with Gasteiger partial charge in [-0.25, -0.2) is 19.6 Å². The highest BCUT2D eigenvalue weighted by Crippen LogP contribution is 2.43. The maximum Gasteiger partial charge on any atom is 0.416 e. The SMILES string of the molecule is CC[C@@H]1C[C@H](Nc2ncc(N3CCOCC3)cn2)c2cc(C(F)(F)F)ccc2N1C(=O)OCC(=O)O. The predicted octanol–water partition coefficient (Wildman–Crippen LogP) is 3.70. The Balaban J connectivity index is 1.64. The molecule has 4 rings (SSSR count). The van der Waals surface area contributed by atoms with Crippen molar-refractivity contribution < 1.29 is 37.3 Å². The van der Waals surface area contributed by atoms with E-state index in [2.05, 4.69) is 20.2 Å². The molecule has 0 spiro atoms. The number of benzene rings is 1. The van der Waals surface area contributed by atoms with E-state index in [1.807, 2.05) is 6.92 Å². The van der Waals surface area contributed by atoms with Crippen molar-refractivity contribution in [3.63, 3.8) is 0 Å². The minimum Gasteiger partial charge on any atom is -0.479 e. The molecule has 1 aromatic carbocycles. The lowest BCUT2D eigenvalue weighted by molar-refractivity contribution is -0.140. The molecule has 3 heterocycles. The first kappa shape index (κ1) is 25.5. The van der Waals surface area contributed by atoms with Gasteiger partial charge in [-0.05, 0) is 36.6 Å². The molecule has 10 nitrogen and oxygen atoms in total. The number of fused-ring (bicyclic) bond motifs is 1. The summed E-state index contributed by atoms with van der Waals surface area (Å²) in [4.78, 5) is 35.6. The molecule has 1 amide bonds. The molecule has 2 atom stereocenters. The molecule has 194 valence electrons. The van der Waals surface area contributed by atoms with Crippen LogP contribution in [0.2, 0.25) is 0 Å². The van der Waals surface area contributed by atoms with E-state index in [1.54, 1.807) is 12.4 Å². The molecular formula is C23H26F3N5O5. The van der Waals surface area contributed by atoms with Gasteiger partial charge < -0.3 is 24.8 Å². The second kappa shape index (κ2) is 10.6. The van der Waals surface area contributed by atoms with E-state index in [1.165, 1.54) is 11.0 Å². The Morgan fingerprint density at radius 2 is 1.92 bits per heavy atom. The number of amides is 1. The number of aliphatic carboxylic acids is 1. The number of carbonyl (C=O) groups excluding carboxylic acids is 1. The standard InChI is InChI=1S/C23H26F3N5O5/c1-2-15-10-18(29-21-27-11-16(12-28-21)30-5-7-35-8-6-30)17-9-14(23(24,25)26)3-4-19(17)31(15)22(34)36-13-20(32)33/h3-4,9,11-12,15,18H,2,5-8,10,13H2,1H3,(H,32,33)(H,27,28,29)/t15-,18+/m1/s1. The van der Waals surface area contributed by atoms with Gasteiger partial charge in [0.2, 0.25) is 5.95 Å². The summed E-state index contributed by atoms with van der Waals surface area (Å²) in [6, 6.07) is 1.99. The van der Waals surface area contributed by atoms with E-state index in [0.29, 0.717) is 32.7 Å². The smallest absolute Gasteiger partial charge is 0.416 e. The molecule has 0 saturated carbocycles. The van der Waals surface area contributed by atoms with Gasteiger partial charge in [0, 0.05) is 19.1 Å². The second-order valence-corrected chi connectivity index (χ2v) is 8.45. The third-order valence-electron chi connectivity index (χ3n) is 6.17. The highest BCUT2D eigenvalue weighted by Gasteiger charge is 2.39. The summed E-state index contributed by atoms with van der Waals surface area (Å²) in [5.74, 6) is -1.10. The molecule has 1 saturated heterocycles. The van der Waals surface area contributed by atoms with Crippen molar-refractivity contribution in [2.75, 3.05) is 48.0 Å². The molecule has 2 aromatic rings. The maximum absolute atomic E-state index is 13.5. The molecule has 0 unspecified atom stereocenters. The second-order valence-electron chi connectivity index (χ2n) is 8.45. The van der Waals surface area contributed by atoms with Gasteiger partial charge in [-0.3, -0.25) is 4.90 Å². The highest BCUT2D eigenvalue weighted by atomic mass is 19.4. The van der Waals surface area contributed by atoms with E-state index in [9.17, 15) is 22.8 Å². The van der Waals surface area contributed by atoms with Gasteiger partial charge >= 0.3 is 18.2 Å². The van der Waals surface area contributed by atoms with Gasteiger partial charge in [0.25, 0.3) is 0 Å². The molecule has 0 aliphatic carbocycles. The van der Waals surface area contributed by atoms with Crippen molar-refractivity contribution in [2.24, 2.45) is 0 Å². The Labute approximate surface area is 205 Å². The fraction of sp³-hybridized carbons (Fsp3) is 0.478. The molecule has 13 heteroatoms. The molecule has 2 N–H and O–H groups in total. The highest BCUT2D eigenvalue weighted by molar-refractivity contribution is 5.91. The summed E-state index contributed by atoms with van der Waals surface area (Å²) in [5.41, 5.74) is 0.359. The summed E-state index contributed by atoms with van der Waals surface area (Å²) < 4.78 is 50.7. The zero-order chi connectivity index (χ0) is 25.9. The zero-order valence-electron chi connectivity index (χ0n) is 19.5. The van der Waals surface area contributed by atoms with Crippen LogP contribution in [0.25, 0.3) is 0 Å². The van der Waals surface area contributed by atoms with Crippen LogP contribution in [-0.2, 0) is 20.4 Å². The van der Waals surface area contributed by atoms with Gasteiger partial charge in [-0.15, -0.1) is 0 Å². The number of anilines is 3. The number of carboxylic acids is 1. The summed E-state index contributed by atoms with van der Waals surface area (Å²) in [5, 5.41) is 12.0. The first-order valence-corrected chi connectivity index (χ1v) is 11.5. The monoisotopic (exact) mass is 509 g/mol. The quantitative estimate of drug-likeness (QED) is 0.601. The van der Waals surface area contributed by atoms with Crippen molar-refractivity contribution in [1.29, 1.82) is 0 Å². The van der Waals surface area contributed by atoms with Crippen LogP contribution in [0.4, 0.5) is 35.3 Å². The van der Waals surface area contributed by atoms with E-state index < -0.39 is 42.5 Å². The van der Waals surface area contributed by atoms with Crippen LogP contribution >= 0.6 is 0 Å². The van der Waals surface area contributed by atoms with Gasteiger partial charge in [-0.1, -0.05) is 6.92 Å². The Morgan fingerprint density at radius 3 is 2.53 bits per heavy atom. The first-order chi connectivity index (χ1) is 17.2. The average molecular weight is 509 g/mol. The number of hydrogen-bond acceptors (Lipinski definition) is 8. The van der Waals surface area contributed by atoms with Crippen molar-refractivity contribution in [1.82, 2.24) is 9.97 Å². The number of carboxylic acid groups (broad SMARTS) is 1. The molecule has 1 fully saturated rings. The molecule has 2 aliphatic heterocycles. The van der Waals surface area contributed by atoms with Gasteiger partial charge in [-0.2, -0.15) is 13.2 Å². The molecule has 1 aromatic heterocycles. The fourth-order valence-electron chi connectivity index (χ4n) is 4.39. The van der Waals surface area contributed by atoms with Crippen molar-refractivity contribution in [2.45, 2.75) is 38.0 Å². The maximum atomic E-state index is 13.5. The third-order valence-corrected chi connectivity index (χ3v) is 6.17. The van der Waals surface area contributed by atoms with Crippen LogP contribution in [-0.4, -0.2) is 66.1 Å². The van der Waals surface area contributed by atoms with Crippen LogP contribution < -0.4 is 15.1 Å². The van der Waals surface area contributed by atoms with Gasteiger partial charge in [0.1, 0.15) is 0 Å². The minimum absolute atomic E-state index is 0.207. The van der Waals surface area contributed by atoms with E-state index in [4.69, 9.17) is 14.6 Å².